The largest absolute Gasteiger partial charge is 0.0628 e. The number of hydrogen-bond donors (Lipinski definition) is 0. The molecule has 1 aliphatic carbocycles. The van der Waals surface area contributed by atoms with Crippen LogP contribution < -0.4 is 0 Å². The third kappa shape index (κ3) is 6.06. The van der Waals surface area contributed by atoms with Crippen molar-refractivity contribution in [2.75, 3.05) is 0 Å². The van der Waals surface area contributed by atoms with Crippen molar-refractivity contribution in [1.29, 1.82) is 0 Å². The molecule has 0 nitrogen and oxygen atoms in total. The van der Waals surface area contributed by atoms with Gasteiger partial charge >= 0.3 is 0 Å². The molecule has 0 bridgehead atoms. The highest BCUT2D eigenvalue weighted by Gasteiger charge is 2.50. The zero-order chi connectivity index (χ0) is 18.4. The maximum absolute atomic E-state index is 2.64. The highest BCUT2D eigenvalue weighted by Crippen LogP contribution is 2.59. The summed E-state index contributed by atoms with van der Waals surface area (Å²) in [6.07, 6.45) is 14.5. The van der Waals surface area contributed by atoms with Gasteiger partial charge in [-0.05, 0) is 60.2 Å². The Morgan fingerprint density at radius 1 is 0.833 bits per heavy atom. The van der Waals surface area contributed by atoms with E-state index in [4.69, 9.17) is 0 Å². The average molecular weight is 337 g/mol. The Morgan fingerprint density at radius 2 is 1.50 bits per heavy atom. The summed E-state index contributed by atoms with van der Waals surface area (Å²) in [6.45, 7) is 19.7. The fourth-order valence-corrected chi connectivity index (χ4v) is 4.94. The zero-order valence-electron chi connectivity index (χ0n) is 18.4. The minimum absolute atomic E-state index is 0.538. The molecule has 0 heteroatoms. The molecule has 0 amide bonds. The van der Waals surface area contributed by atoms with E-state index in [1.54, 1.807) is 0 Å². The van der Waals surface area contributed by atoms with Crippen molar-refractivity contribution in [2.24, 2.45) is 34.5 Å². The Balaban J connectivity index is 2.48. The lowest BCUT2D eigenvalue weighted by Gasteiger charge is -2.43. The van der Waals surface area contributed by atoms with Crippen LogP contribution in [0, 0.1) is 34.5 Å². The van der Waals surface area contributed by atoms with Crippen molar-refractivity contribution in [3.63, 3.8) is 0 Å². The molecule has 0 spiro atoms. The van der Waals surface area contributed by atoms with E-state index < -0.39 is 0 Å². The second-order valence-electron chi connectivity index (χ2n) is 10.7. The predicted molar refractivity (Wildman–Crippen MR) is 110 cm³/mol. The summed E-state index contributed by atoms with van der Waals surface area (Å²) in [5, 5.41) is 0. The van der Waals surface area contributed by atoms with Crippen molar-refractivity contribution >= 4 is 0 Å². The van der Waals surface area contributed by atoms with Crippen LogP contribution in [0.25, 0.3) is 0 Å². The smallest absolute Gasteiger partial charge is 0.0246 e. The molecule has 24 heavy (non-hydrogen) atoms. The van der Waals surface area contributed by atoms with Crippen LogP contribution in [-0.4, -0.2) is 0 Å². The second-order valence-corrected chi connectivity index (χ2v) is 10.7. The van der Waals surface area contributed by atoms with Gasteiger partial charge in [0, 0.05) is 0 Å². The van der Waals surface area contributed by atoms with Gasteiger partial charge in [-0.3, -0.25) is 0 Å². The first-order valence-electron chi connectivity index (χ1n) is 11.1. The van der Waals surface area contributed by atoms with Gasteiger partial charge in [0.1, 0.15) is 0 Å². The Kier molecular flexibility index (Phi) is 8.84. The summed E-state index contributed by atoms with van der Waals surface area (Å²) in [4.78, 5) is 0. The maximum Gasteiger partial charge on any atom is -0.0246 e. The van der Waals surface area contributed by atoms with Crippen LogP contribution in [0.5, 0.6) is 0 Å². The van der Waals surface area contributed by atoms with Crippen LogP contribution in [0.15, 0.2) is 0 Å². The molecular weight excluding hydrogens is 288 g/mol. The summed E-state index contributed by atoms with van der Waals surface area (Å²) in [5.41, 5.74) is 1.11. The van der Waals surface area contributed by atoms with E-state index in [-0.39, 0.29) is 0 Å². The van der Waals surface area contributed by atoms with Gasteiger partial charge in [0.15, 0.2) is 0 Å². The van der Waals surface area contributed by atoms with Crippen LogP contribution in [0.3, 0.4) is 0 Å². The summed E-state index contributed by atoms with van der Waals surface area (Å²) in [6, 6.07) is 0. The number of unbranched alkanes of at least 4 members (excludes halogenated alkanes) is 2. The van der Waals surface area contributed by atoms with Crippen molar-refractivity contribution in [2.45, 2.75) is 120 Å². The molecule has 0 aromatic carbocycles. The molecule has 1 rings (SSSR count). The fraction of sp³-hybridized carbons (Fsp3) is 1.00. The number of hydrogen-bond acceptors (Lipinski definition) is 0. The summed E-state index contributed by atoms with van der Waals surface area (Å²) in [7, 11) is 0. The Labute approximate surface area is 154 Å². The lowest BCUT2D eigenvalue weighted by atomic mass is 9.62. The van der Waals surface area contributed by atoms with Gasteiger partial charge in [-0.2, -0.15) is 0 Å². The van der Waals surface area contributed by atoms with Crippen molar-refractivity contribution in [3.8, 4) is 0 Å². The lowest BCUT2D eigenvalue weighted by Crippen LogP contribution is -2.35. The molecule has 0 heterocycles. The summed E-state index contributed by atoms with van der Waals surface area (Å²) >= 11 is 0. The van der Waals surface area contributed by atoms with Gasteiger partial charge in [0.05, 0.1) is 0 Å². The molecule has 3 atom stereocenters. The highest BCUT2D eigenvalue weighted by atomic mass is 14.5. The molecule has 0 saturated heterocycles. The van der Waals surface area contributed by atoms with Crippen molar-refractivity contribution in [3.05, 3.63) is 0 Å². The van der Waals surface area contributed by atoms with E-state index in [1.807, 2.05) is 0 Å². The standard InChI is InChI=1S/C24H48/c1-19(2)13-10-9-11-15-22-16-18-23(6,7)24(22,8)17-12-14-21(5)20(3)4/h19-22H,9-18H2,1-8H3. The predicted octanol–water partition coefficient (Wildman–Crippen LogP) is 8.50. The van der Waals surface area contributed by atoms with Crippen molar-refractivity contribution < 1.29 is 0 Å². The van der Waals surface area contributed by atoms with Gasteiger partial charge in [-0.1, -0.05) is 93.9 Å². The Morgan fingerprint density at radius 3 is 2.08 bits per heavy atom. The van der Waals surface area contributed by atoms with Gasteiger partial charge in [-0.15, -0.1) is 0 Å². The molecular formula is C24H48. The zero-order valence-corrected chi connectivity index (χ0v) is 18.4. The molecule has 1 aliphatic rings. The van der Waals surface area contributed by atoms with E-state index in [1.165, 1.54) is 64.2 Å². The fourth-order valence-electron chi connectivity index (χ4n) is 4.94. The van der Waals surface area contributed by atoms with Gasteiger partial charge < -0.3 is 0 Å². The van der Waals surface area contributed by atoms with Crippen LogP contribution in [0.2, 0.25) is 0 Å². The van der Waals surface area contributed by atoms with Crippen LogP contribution in [0.4, 0.5) is 0 Å². The lowest BCUT2D eigenvalue weighted by molar-refractivity contribution is 0.0615. The van der Waals surface area contributed by atoms with E-state index in [0.29, 0.717) is 10.8 Å². The maximum atomic E-state index is 2.64. The third-order valence-corrected chi connectivity index (χ3v) is 7.89. The average Bonchev–Trinajstić information content (AvgIpc) is 2.69. The normalized spacial score (nSPS) is 28.0. The molecule has 1 fully saturated rings. The SMILES string of the molecule is CC(C)CCCCCC1CCC(C)(C)C1(C)CCCC(C)C(C)C. The van der Waals surface area contributed by atoms with Crippen molar-refractivity contribution in [1.82, 2.24) is 0 Å². The van der Waals surface area contributed by atoms with E-state index in [0.717, 1.165) is 23.7 Å². The van der Waals surface area contributed by atoms with Crippen LogP contribution >= 0.6 is 0 Å². The molecule has 3 unspecified atom stereocenters. The van der Waals surface area contributed by atoms with Gasteiger partial charge in [0.25, 0.3) is 0 Å². The second kappa shape index (κ2) is 9.63. The Hall–Kier alpha value is 0. The quantitative estimate of drug-likeness (QED) is 0.332. The molecule has 0 aromatic rings. The van der Waals surface area contributed by atoms with E-state index >= 15 is 0 Å². The summed E-state index contributed by atoms with van der Waals surface area (Å²) < 4.78 is 0. The van der Waals surface area contributed by atoms with Gasteiger partial charge in [-0.25, -0.2) is 0 Å². The molecule has 1 saturated carbocycles. The first kappa shape index (κ1) is 22.0. The first-order chi connectivity index (χ1) is 11.1. The minimum Gasteiger partial charge on any atom is -0.0628 e. The molecule has 0 radical (unpaired) electrons. The monoisotopic (exact) mass is 336 g/mol. The number of rotatable bonds is 11. The van der Waals surface area contributed by atoms with Crippen LogP contribution in [-0.2, 0) is 0 Å². The van der Waals surface area contributed by atoms with Crippen LogP contribution in [0.1, 0.15) is 120 Å². The molecule has 0 aliphatic heterocycles. The van der Waals surface area contributed by atoms with Gasteiger partial charge in [0.2, 0.25) is 0 Å². The molecule has 0 aromatic heterocycles. The minimum atomic E-state index is 0.538. The Bertz CT molecular complexity index is 338. The first-order valence-corrected chi connectivity index (χ1v) is 11.1. The highest BCUT2D eigenvalue weighted by molar-refractivity contribution is 5.00. The topological polar surface area (TPSA) is 0 Å². The molecule has 0 N–H and O–H groups in total. The van der Waals surface area contributed by atoms with E-state index in [2.05, 4.69) is 55.4 Å². The summed E-state index contributed by atoms with van der Waals surface area (Å²) in [5.74, 6) is 3.57. The molecule has 144 valence electrons. The van der Waals surface area contributed by atoms with E-state index in [9.17, 15) is 0 Å². The third-order valence-electron chi connectivity index (χ3n) is 7.89.